The van der Waals surface area contributed by atoms with E-state index in [1.165, 1.54) is 6.07 Å². The highest BCUT2D eigenvalue weighted by Crippen LogP contribution is 2.38. The number of nitrogens with zero attached hydrogens (tertiary/aromatic N) is 2. The molecule has 3 aromatic rings. The highest BCUT2D eigenvalue weighted by atomic mass is 32.1. The van der Waals surface area contributed by atoms with Crippen molar-refractivity contribution >= 4 is 23.1 Å². The largest absolute Gasteiger partial charge is 0.435 e. The SMILES string of the molecule is O=C1C[C@@H](c2cccc(OC(F)F)c2)c2cnn(Cc3cccs3)c2N1. The second-order valence-electron chi connectivity index (χ2n) is 5.94. The van der Waals surface area contributed by atoms with Crippen LogP contribution in [0, 0.1) is 0 Å². The van der Waals surface area contributed by atoms with E-state index in [1.807, 2.05) is 23.6 Å². The van der Waals surface area contributed by atoms with Gasteiger partial charge in [0, 0.05) is 22.8 Å². The fraction of sp³-hybridized carbons (Fsp3) is 0.222. The first-order chi connectivity index (χ1) is 12.6. The number of hydrogen-bond acceptors (Lipinski definition) is 4. The van der Waals surface area contributed by atoms with Gasteiger partial charge in [-0.3, -0.25) is 4.79 Å². The third-order valence-corrected chi connectivity index (χ3v) is 5.12. The lowest BCUT2D eigenvalue weighted by molar-refractivity contribution is -0.116. The molecule has 0 fully saturated rings. The number of carbonyl (C=O) groups excluding carboxylic acids is 1. The summed E-state index contributed by atoms with van der Waals surface area (Å²) in [7, 11) is 0. The minimum Gasteiger partial charge on any atom is -0.435 e. The van der Waals surface area contributed by atoms with Crippen LogP contribution >= 0.6 is 11.3 Å². The minimum absolute atomic E-state index is 0.0796. The van der Waals surface area contributed by atoms with Crippen LogP contribution in [0.15, 0.2) is 48.0 Å². The summed E-state index contributed by atoms with van der Waals surface area (Å²) in [4.78, 5) is 13.3. The van der Waals surface area contributed by atoms with Gasteiger partial charge in [-0.15, -0.1) is 11.3 Å². The monoisotopic (exact) mass is 375 g/mol. The van der Waals surface area contributed by atoms with E-state index in [9.17, 15) is 13.6 Å². The highest BCUT2D eigenvalue weighted by Gasteiger charge is 2.30. The number of nitrogens with one attached hydrogen (secondary N) is 1. The molecule has 0 unspecified atom stereocenters. The van der Waals surface area contributed by atoms with Crippen LogP contribution in [0.25, 0.3) is 0 Å². The molecule has 1 atom stereocenters. The molecule has 2 aromatic heterocycles. The van der Waals surface area contributed by atoms with E-state index in [-0.39, 0.29) is 24.0 Å². The number of halogens is 2. The Hall–Kier alpha value is -2.74. The molecule has 26 heavy (non-hydrogen) atoms. The standard InChI is InChI=1S/C18H15F2N3O2S/c19-18(20)25-12-4-1-3-11(7-12)14-8-16(24)22-17-15(14)9-21-23(17)10-13-5-2-6-26-13/h1-7,9,14,18H,8,10H2,(H,22,24)/t14-/m0/s1. The maximum Gasteiger partial charge on any atom is 0.387 e. The number of amides is 1. The number of carbonyl (C=O) groups is 1. The molecule has 0 radical (unpaired) electrons. The normalized spacial score (nSPS) is 16.4. The van der Waals surface area contributed by atoms with Gasteiger partial charge in [-0.1, -0.05) is 18.2 Å². The molecule has 5 nitrogen and oxygen atoms in total. The van der Waals surface area contributed by atoms with Gasteiger partial charge in [0.05, 0.1) is 12.7 Å². The van der Waals surface area contributed by atoms with Crippen LogP contribution < -0.4 is 10.1 Å². The van der Waals surface area contributed by atoms with E-state index >= 15 is 0 Å². The Labute approximate surface area is 152 Å². The second-order valence-corrected chi connectivity index (χ2v) is 6.97. The lowest BCUT2D eigenvalue weighted by Gasteiger charge is -2.24. The van der Waals surface area contributed by atoms with Crippen molar-refractivity contribution in [2.24, 2.45) is 0 Å². The van der Waals surface area contributed by atoms with Gasteiger partial charge in [-0.2, -0.15) is 13.9 Å². The molecule has 1 aliphatic heterocycles. The number of fused-ring (bicyclic) bond motifs is 1. The molecule has 0 spiro atoms. The average molecular weight is 375 g/mol. The summed E-state index contributed by atoms with van der Waals surface area (Å²) in [6.45, 7) is -2.32. The smallest absolute Gasteiger partial charge is 0.387 e. The summed E-state index contributed by atoms with van der Waals surface area (Å²) in [5.41, 5.74) is 1.62. The molecule has 4 rings (SSSR count). The molecule has 0 saturated carbocycles. The molecular weight excluding hydrogens is 360 g/mol. The third kappa shape index (κ3) is 3.32. The summed E-state index contributed by atoms with van der Waals surface area (Å²) in [6.07, 6.45) is 1.96. The summed E-state index contributed by atoms with van der Waals surface area (Å²) < 4.78 is 31.2. The maximum atomic E-state index is 12.5. The quantitative estimate of drug-likeness (QED) is 0.731. The Bertz CT molecular complexity index is 924. The van der Waals surface area contributed by atoms with Crippen molar-refractivity contribution in [3.8, 4) is 5.75 Å². The molecule has 134 valence electrons. The van der Waals surface area contributed by atoms with Gasteiger partial charge in [-0.25, -0.2) is 4.68 Å². The lowest BCUT2D eigenvalue weighted by Crippen LogP contribution is -2.25. The second kappa shape index (κ2) is 6.87. The van der Waals surface area contributed by atoms with Gasteiger partial charge in [0.2, 0.25) is 5.91 Å². The number of hydrogen-bond donors (Lipinski definition) is 1. The average Bonchev–Trinajstić information content (AvgIpc) is 3.25. The number of alkyl halides is 2. The van der Waals surface area contributed by atoms with Crippen molar-refractivity contribution in [3.63, 3.8) is 0 Å². The van der Waals surface area contributed by atoms with Gasteiger partial charge in [0.25, 0.3) is 0 Å². The summed E-state index contributed by atoms with van der Waals surface area (Å²) in [5.74, 6) is 0.350. The van der Waals surface area contributed by atoms with Crippen LogP contribution in [0.1, 0.15) is 28.3 Å². The first kappa shape index (κ1) is 16.7. The van der Waals surface area contributed by atoms with Crippen LogP contribution in [-0.2, 0) is 11.3 Å². The van der Waals surface area contributed by atoms with Gasteiger partial charge < -0.3 is 10.1 Å². The molecule has 0 aliphatic carbocycles. The van der Waals surface area contributed by atoms with Crippen molar-refractivity contribution in [1.82, 2.24) is 9.78 Å². The van der Waals surface area contributed by atoms with Crippen LogP contribution in [-0.4, -0.2) is 22.3 Å². The lowest BCUT2D eigenvalue weighted by atomic mass is 9.87. The Morgan fingerprint density at radius 1 is 1.35 bits per heavy atom. The van der Waals surface area contributed by atoms with Gasteiger partial charge in [0.1, 0.15) is 11.6 Å². The summed E-state index contributed by atoms with van der Waals surface area (Å²) >= 11 is 1.62. The predicted octanol–water partition coefficient (Wildman–Crippen LogP) is 4.07. The fourth-order valence-corrected chi connectivity index (χ4v) is 3.83. The molecule has 1 aromatic carbocycles. The topological polar surface area (TPSA) is 56.1 Å². The van der Waals surface area contributed by atoms with E-state index in [4.69, 9.17) is 0 Å². The summed E-state index contributed by atoms with van der Waals surface area (Å²) in [5, 5.41) is 9.28. The highest BCUT2D eigenvalue weighted by molar-refractivity contribution is 7.09. The van der Waals surface area contributed by atoms with Crippen LogP contribution in [0.5, 0.6) is 5.75 Å². The number of aromatic nitrogens is 2. The molecule has 0 bridgehead atoms. The van der Waals surface area contributed by atoms with Crippen molar-refractivity contribution < 1.29 is 18.3 Å². The van der Waals surface area contributed by atoms with Crippen LogP contribution in [0.3, 0.4) is 0 Å². The molecule has 0 saturated heterocycles. The zero-order valence-corrected chi connectivity index (χ0v) is 14.4. The van der Waals surface area contributed by atoms with Crippen LogP contribution in [0.4, 0.5) is 14.6 Å². The van der Waals surface area contributed by atoms with Gasteiger partial charge >= 0.3 is 6.61 Å². The number of rotatable bonds is 5. The maximum absolute atomic E-state index is 12.5. The predicted molar refractivity (Wildman–Crippen MR) is 93.8 cm³/mol. The Morgan fingerprint density at radius 3 is 3.00 bits per heavy atom. The first-order valence-electron chi connectivity index (χ1n) is 8.03. The Balaban J connectivity index is 1.67. The number of benzene rings is 1. The molecule has 1 amide bonds. The summed E-state index contributed by atoms with van der Waals surface area (Å²) in [6, 6.07) is 10.4. The Kier molecular flexibility index (Phi) is 4.42. The zero-order valence-electron chi connectivity index (χ0n) is 13.6. The van der Waals surface area contributed by atoms with Crippen molar-refractivity contribution in [1.29, 1.82) is 0 Å². The Morgan fingerprint density at radius 2 is 2.23 bits per heavy atom. The molecule has 1 aliphatic rings. The molecule has 1 N–H and O–H groups in total. The van der Waals surface area contributed by atoms with E-state index in [0.29, 0.717) is 12.4 Å². The van der Waals surface area contributed by atoms with Crippen molar-refractivity contribution in [2.75, 3.05) is 5.32 Å². The number of ether oxygens (including phenoxy) is 1. The number of thiophene rings is 1. The number of anilines is 1. The molecular formula is C18H15F2N3O2S. The van der Waals surface area contributed by atoms with Crippen molar-refractivity contribution in [3.05, 3.63) is 64.0 Å². The van der Waals surface area contributed by atoms with E-state index in [2.05, 4.69) is 15.2 Å². The zero-order chi connectivity index (χ0) is 18.1. The minimum atomic E-state index is -2.89. The van der Waals surface area contributed by atoms with Crippen molar-refractivity contribution in [2.45, 2.75) is 25.5 Å². The van der Waals surface area contributed by atoms with E-state index < -0.39 is 6.61 Å². The fourth-order valence-electron chi connectivity index (χ4n) is 3.14. The van der Waals surface area contributed by atoms with E-state index in [0.717, 1.165) is 16.0 Å². The first-order valence-corrected chi connectivity index (χ1v) is 8.91. The van der Waals surface area contributed by atoms with E-state index in [1.54, 1.807) is 34.3 Å². The van der Waals surface area contributed by atoms with Gasteiger partial charge in [-0.05, 0) is 29.1 Å². The molecule has 8 heteroatoms. The van der Waals surface area contributed by atoms with Crippen LogP contribution in [0.2, 0.25) is 0 Å². The molecule has 3 heterocycles. The van der Waals surface area contributed by atoms with Gasteiger partial charge in [0.15, 0.2) is 0 Å². The third-order valence-electron chi connectivity index (χ3n) is 4.26.